The SMILES string of the molecule is CCn1cc(-c2ncc(-c3ccc(C4CC4)cc3)cc2S(=O)[O-])cc2nc(C(F)(F)F)cc1-2. The third-order valence-corrected chi connectivity index (χ3v) is 6.57. The van der Waals surface area contributed by atoms with Crippen molar-refractivity contribution in [1.29, 1.82) is 0 Å². The standard InChI is InChI=1S/C24H20F3N3O2S/c1-2-30-13-18(9-19-20(30)11-22(29-19)24(25,26)27)23-21(33(31)32)10-17(12-28-23)16-7-5-15(6-8-16)14-3-4-14/h5-14H,2-4H2,1H3,(H,31,32)/p-1. The molecule has 5 nitrogen and oxygen atoms in total. The van der Waals surface area contributed by atoms with Gasteiger partial charge in [0.1, 0.15) is 5.69 Å². The molecular formula is C24H19F3N3O2S-. The number of hydrogen-bond acceptors (Lipinski definition) is 4. The molecule has 1 unspecified atom stereocenters. The van der Waals surface area contributed by atoms with Gasteiger partial charge in [-0.2, -0.15) is 13.2 Å². The van der Waals surface area contributed by atoms with Gasteiger partial charge in [0.2, 0.25) is 0 Å². The molecule has 33 heavy (non-hydrogen) atoms. The van der Waals surface area contributed by atoms with E-state index in [9.17, 15) is 21.9 Å². The van der Waals surface area contributed by atoms with E-state index in [1.54, 1.807) is 23.9 Å². The summed E-state index contributed by atoms with van der Waals surface area (Å²) < 4.78 is 65.3. The molecule has 3 aliphatic rings. The summed E-state index contributed by atoms with van der Waals surface area (Å²) in [4.78, 5) is 8.09. The highest BCUT2D eigenvalue weighted by Crippen LogP contribution is 2.41. The molecule has 1 aromatic carbocycles. The Hall–Kier alpha value is -3.04. The van der Waals surface area contributed by atoms with Crippen molar-refractivity contribution in [1.82, 2.24) is 14.5 Å². The Kier molecular flexibility index (Phi) is 5.33. The minimum absolute atomic E-state index is 0.0247. The highest BCUT2D eigenvalue weighted by molar-refractivity contribution is 7.79. The summed E-state index contributed by atoms with van der Waals surface area (Å²) in [7, 11) is 0. The van der Waals surface area contributed by atoms with E-state index in [-0.39, 0.29) is 16.3 Å². The number of aromatic nitrogens is 3. The van der Waals surface area contributed by atoms with E-state index in [0.717, 1.165) is 11.6 Å². The molecule has 0 amide bonds. The van der Waals surface area contributed by atoms with Gasteiger partial charge >= 0.3 is 6.18 Å². The molecule has 2 aliphatic heterocycles. The molecule has 1 saturated carbocycles. The fraction of sp³-hybridized carbons (Fsp3) is 0.250. The van der Waals surface area contributed by atoms with Crippen molar-refractivity contribution in [3.05, 3.63) is 66.1 Å². The second-order valence-corrected chi connectivity index (χ2v) is 9.04. The van der Waals surface area contributed by atoms with Gasteiger partial charge in [-0.25, -0.2) is 4.98 Å². The number of benzene rings is 1. The van der Waals surface area contributed by atoms with Crippen LogP contribution in [-0.2, 0) is 23.8 Å². The number of aryl methyl sites for hydroxylation is 1. The first kappa shape index (κ1) is 21.8. The fourth-order valence-corrected chi connectivity index (χ4v) is 4.58. The van der Waals surface area contributed by atoms with Gasteiger partial charge < -0.3 is 9.12 Å². The summed E-state index contributed by atoms with van der Waals surface area (Å²) in [5.41, 5.74) is 2.79. The van der Waals surface area contributed by atoms with Crippen LogP contribution in [0.1, 0.15) is 36.9 Å². The van der Waals surface area contributed by atoms with Crippen molar-refractivity contribution in [2.45, 2.75) is 43.3 Å². The molecule has 1 atom stereocenters. The van der Waals surface area contributed by atoms with Crippen LogP contribution in [0.15, 0.2) is 59.8 Å². The van der Waals surface area contributed by atoms with Crippen LogP contribution in [0.5, 0.6) is 0 Å². The Labute approximate surface area is 190 Å². The predicted molar refractivity (Wildman–Crippen MR) is 117 cm³/mol. The van der Waals surface area contributed by atoms with Crippen LogP contribution in [0.2, 0.25) is 0 Å². The maximum Gasteiger partial charge on any atom is 0.433 e. The molecule has 5 rings (SSSR count). The normalized spacial score (nSPS) is 15.2. The third kappa shape index (κ3) is 4.18. The van der Waals surface area contributed by atoms with Crippen LogP contribution < -0.4 is 0 Å². The van der Waals surface area contributed by atoms with Crippen LogP contribution in [0, 0.1) is 0 Å². The molecule has 0 N–H and O–H groups in total. The number of hydrogen-bond donors (Lipinski definition) is 0. The van der Waals surface area contributed by atoms with Crippen molar-refractivity contribution >= 4 is 11.1 Å². The molecule has 1 aromatic heterocycles. The Morgan fingerprint density at radius 1 is 1.09 bits per heavy atom. The number of nitrogens with zero attached hydrogens (tertiary/aromatic N) is 3. The summed E-state index contributed by atoms with van der Waals surface area (Å²) in [5.74, 6) is 0.618. The smallest absolute Gasteiger partial charge is 0.433 e. The Morgan fingerprint density at radius 2 is 1.82 bits per heavy atom. The molecular weight excluding hydrogens is 451 g/mol. The largest absolute Gasteiger partial charge is 0.768 e. The van der Waals surface area contributed by atoms with E-state index in [4.69, 9.17) is 0 Å². The van der Waals surface area contributed by atoms with Gasteiger partial charge in [-0.15, -0.1) is 0 Å². The second kappa shape index (κ2) is 8.07. The quantitative estimate of drug-likeness (QED) is 0.342. The van der Waals surface area contributed by atoms with E-state index in [0.29, 0.717) is 29.3 Å². The van der Waals surface area contributed by atoms with E-state index in [2.05, 4.69) is 9.97 Å². The molecule has 0 spiro atoms. The molecule has 0 saturated heterocycles. The van der Waals surface area contributed by atoms with Gasteiger partial charge in [-0.3, -0.25) is 9.19 Å². The summed E-state index contributed by atoms with van der Waals surface area (Å²) in [6, 6.07) is 12.0. The van der Waals surface area contributed by atoms with Gasteiger partial charge in [0, 0.05) is 30.1 Å². The third-order valence-electron chi connectivity index (χ3n) is 5.90. The molecule has 9 heteroatoms. The van der Waals surface area contributed by atoms with Crippen LogP contribution in [0.4, 0.5) is 13.2 Å². The monoisotopic (exact) mass is 470 g/mol. The zero-order valence-electron chi connectivity index (χ0n) is 17.6. The predicted octanol–water partition coefficient (Wildman–Crippen LogP) is 5.87. The lowest BCUT2D eigenvalue weighted by molar-refractivity contribution is -0.140. The van der Waals surface area contributed by atoms with E-state index in [1.165, 1.54) is 30.5 Å². The zero-order chi connectivity index (χ0) is 23.3. The van der Waals surface area contributed by atoms with Gasteiger partial charge in [0.25, 0.3) is 0 Å². The zero-order valence-corrected chi connectivity index (χ0v) is 18.4. The van der Waals surface area contributed by atoms with Gasteiger partial charge in [-0.05, 0) is 66.1 Å². The Bertz CT molecular complexity index is 1330. The Morgan fingerprint density at radius 3 is 2.42 bits per heavy atom. The first-order valence-corrected chi connectivity index (χ1v) is 11.6. The first-order chi connectivity index (χ1) is 15.7. The minimum atomic E-state index is -4.57. The van der Waals surface area contributed by atoms with E-state index in [1.807, 2.05) is 24.3 Å². The summed E-state index contributed by atoms with van der Waals surface area (Å²) in [6.07, 6.45) is 1.01. The topological polar surface area (TPSA) is 70.8 Å². The lowest BCUT2D eigenvalue weighted by atomic mass is 10.0. The molecule has 1 fully saturated rings. The van der Waals surface area contributed by atoms with Crippen LogP contribution >= 0.6 is 0 Å². The lowest BCUT2D eigenvalue weighted by Gasteiger charge is -2.17. The number of rotatable bonds is 5. The fourth-order valence-electron chi connectivity index (χ4n) is 4.03. The first-order valence-electron chi connectivity index (χ1n) is 10.5. The average molecular weight is 470 g/mol. The average Bonchev–Trinajstić information content (AvgIpc) is 3.55. The van der Waals surface area contributed by atoms with E-state index >= 15 is 0 Å². The number of halogens is 3. The molecule has 2 aromatic rings. The van der Waals surface area contributed by atoms with Crippen molar-refractivity contribution in [3.8, 4) is 33.8 Å². The van der Waals surface area contributed by atoms with Crippen molar-refractivity contribution in [2.24, 2.45) is 0 Å². The summed E-state index contributed by atoms with van der Waals surface area (Å²) in [5, 5.41) is 0. The maximum atomic E-state index is 13.2. The van der Waals surface area contributed by atoms with Crippen molar-refractivity contribution in [3.63, 3.8) is 0 Å². The van der Waals surface area contributed by atoms with Crippen molar-refractivity contribution < 1.29 is 21.9 Å². The van der Waals surface area contributed by atoms with Gasteiger partial charge in [0.15, 0.2) is 0 Å². The van der Waals surface area contributed by atoms with Crippen LogP contribution in [0.25, 0.3) is 33.8 Å². The Balaban J connectivity index is 1.59. The summed E-state index contributed by atoms with van der Waals surface area (Å²) in [6.45, 7) is 2.17. The highest BCUT2D eigenvalue weighted by atomic mass is 32.2. The molecule has 0 bridgehead atoms. The van der Waals surface area contributed by atoms with Gasteiger partial charge in [0.05, 0.1) is 22.0 Å². The number of alkyl halides is 3. The maximum absolute atomic E-state index is 13.2. The molecule has 3 heterocycles. The van der Waals surface area contributed by atoms with Gasteiger partial charge in [-0.1, -0.05) is 24.3 Å². The molecule has 0 radical (unpaired) electrons. The minimum Gasteiger partial charge on any atom is -0.768 e. The molecule has 170 valence electrons. The van der Waals surface area contributed by atoms with Crippen molar-refractivity contribution in [2.75, 3.05) is 0 Å². The number of pyridine rings is 2. The summed E-state index contributed by atoms with van der Waals surface area (Å²) >= 11 is -2.60. The van der Waals surface area contributed by atoms with Crippen LogP contribution in [-0.4, -0.2) is 23.3 Å². The highest BCUT2D eigenvalue weighted by Gasteiger charge is 2.35. The van der Waals surface area contributed by atoms with Crippen LogP contribution in [0.3, 0.4) is 0 Å². The lowest BCUT2D eigenvalue weighted by Crippen LogP contribution is -2.04. The number of fused-ring (bicyclic) bond motifs is 1. The second-order valence-electron chi connectivity index (χ2n) is 8.13. The molecule has 1 aliphatic carbocycles. The van der Waals surface area contributed by atoms with E-state index < -0.39 is 23.0 Å².